The third-order valence-electron chi connectivity index (χ3n) is 3.66. The summed E-state index contributed by atoms with van der Waals surface area (Å²) in [5.74, 6) is -0.0739. The smallest absolute Gasteiger partial charge is 0.408 e. The van der Waals surface area contributed by atoms with Crippen molar-refractivity contribution in [2.75, 3.05) is 6.54 Å². The molecule has 0 fully saturated rings. The SMILES string of the molecule is C[C@@H]1c2ccsc2CCN1C(=O)[C@@H](C)NC(=O)OC(C)(C)C. The molecule has 0 aliphatic carbocycles. The summed E-state index contributed by atoms with van der Waals surface area (Å²) in [6.07, 6.45) is 0.316. The largest absolute Gasteiger partial charge is 0.444 e. The number of fused-ring (bicyclic) bond motifs is 1. The highest BCUT2D eigenvalue weighted by molar-refractivity contribution is 7.10. The van der Waals surface area contributed by atoms with Gasteiger partial charge in [-0.05, 0) is 58.0 Å². The Morgan fingerprint density at radius 2 is 2.14 bits per heavy atom. The highest BCUT2D eigenvalue weighted by Gasteiger charge is 2.32. The van der Waals surface area contributed by atoms with E-state index in [1.54, 1.807) is 39.0 Å². The number of hydrogen-bond acceptors (Lipinski definition) is 4. The lowest BCUT2D eigenvalue weighted by molar-refractivity contribution is -0.135. The molecule has 2 atom stereocenters. The molecule has 2 heterocycles. The number of hydrogen-bond donors (Lipinski definition) is 1. The molecule has 1 aliphatic heterocycles. The molecular formula is C16H24N2O3S. The van der Waals surface area contributed by atoms with Gasteiger partial charge in [-0.3, -0.25) is 4.79 Å². The van der Waals surface area contributed by atoms with Gasteiger partial charge in [-0.25, -0.2) is 4.79 Å². The van der Waals surface area contributed by atoms with E-state index in [2.05, 4.69) is 16.8 Å². The van der Waals surface area contributed by atoms with Crippen LogP contribution in [0.25, 0.3) is 0 Å². The van der Waals surface area contributed by atoms with E-state index in [4.69, 9.17) is 4.74 Å². The first-order valence-electron chi connectivity index (χ1n) is 7.55. The summed E-state index contributed by atoms with van der Waals surface area (Å²) in [6, 6.07) is 1.53. The van der Waals surface area contributed by atoms with Gasteiger partial charge >= 0.3 is 6.09 Å². The van der Waals surface area contributed by atoms with Gasteiger partial charge in [-0.2, -0.15) is 0 Å². The molecule has 5 nitrogen and oxygen atoms in total. The fourth-order valence-electron chi connectivity index (χ4n) is 2.61. The van der Waals surface area contributed by atoms with Crippen LogP contribution in [0.15, 0.2) is 11.4 Å². The number of carbonyl (C=O) groups is 2. The van der Waals surface area contributed by atoms with E-state index in [0.29, 0.717) is 6.54 Å². The van der Waals surface area contributed by atoms with Crippen LogP contribution < -0.4 is 5.32 Å². The fourth-order valence-corrected chi connectivity index (χ4v) is 3.57. The van der Waals surface area contributed by atoms with E-state index < -0.39 is 17.7 Å². The predicted octanol–water partition coefficient (Wildman–Crippen LogP) is 3.11. The quantitative estimate of drug-likeness (QED) is 0.909. The van der Waals surface area contributed by atoms with Crippen LogP contribution in [0.2, 0.25) is 0 Å². The van der Waals surface area contributed by atoms with Gasteiger partial charge < -0.3 is 15.0 Å². The molecule has 2 amide bonds. The number of ether oxygens (including phenoxy) is 1. The number of carbonyl (C=O) groups excluding carboxylic acids is 2. The fraction of sp³-hybridized carbons (Fsp3) is 0.625. The molecule has 0 aromatic carbocycles. The van der Waals surface area contributed by atoms with Crippen LogP contribution in [-0.2, 0) is 16.0 Å². The van der Waals surface area contributed by atoms with E-state index in [0.717, 1.165) is 6.42 Å². The maximum Gasteiger partial charge on any atom is 0.408 e. The summed E-state index contributed by atoms with van der Waals surface area (Å²) in [5, 5.41) is 4.69. The topological polar surface area (TPSA) is 58.6 Å². The monoisotopic (exact) mass is 324 g/mol. The van der Waals surface area contributed by atoms with Crippen LogP contribution >= 0.6 is 11.3 Å². The average molecular weight is 324 g/mol. The second-order valence-electron chi connectivity index (χ2n) is 6.62. The minimum Gasteiger partial charge on any atom is -0.444 e. The normalized spacial score (nSPS) is 19.3. The summed E-state index contributed by atoms with van der Waals surface area (Å²) >= 11 is 1.74. The zero-order valence-electron chi connectivity index (χ0n) is 13.8. The standard InChI is InChI=1S/C16H24N2O3S/c1-10(17-15(20)21-16(3,4)5)14(19)18-8-6-13-12(11(18)2)7-9-22-13/h7,9-11H,6,8H2,1-5H3,(H,17,20)/t10-,11-/m1/s1. The van der Waals surface area contributed by atoms with Crippen LogP contribution in [0.4, 0.5) is 4.79 Å². The molecule has 0 bridgehead atoms. The lowest BCUT2D eigenvalue weighted by atomic mass is 10.0. The molecule has 0 radical (unpaired) electrons. The average Bonchev–Trinajstić information content (AvgIpc) is 2.85. The van der Waals surface area contributed by atoms with Crippen molar-refractivity contribution in [2.24, 2.45) is 0 Å². The summed E-state index contributed by atoms with van der Waals surface area (Å²) in [6.45, 7) is 9.80. The van der Waals surface area contributed by atoms with Crippen molar-refractivity contribution in [3.63, 3.8) is 0 Å². The van der Waals surface area contributed by atoms with Gasteiger partial charge in [-0.1, -0.05) is 0 Å². The molecule has 22 heavy (non-hydrogen) atoms. The van der Waals surface area contributed by atoms with Crippen molar-refractivity contribution in [3.05, 3.63) is 21.9 Å². The molecule has 0 unspecified atom stereocenters. The van der Waals surface area contributed by atoms with Gasteiger partial charge in [0.2, 0.25) is 5.91 Å². The van der Waals surface area contributed by atoms with E-state index in [1.165, 1.54) is 10.4 Å². The van der Waals surface area contributed by atoms with Crippen molar-refractivity contribution < 1.29 is 14.3 Å². The Hall–Kier alpha value is -1.56. The highest BCUT2D eigenvalue weighted by atomic mass is 32.1. The summed E-state index contributed by atoms with van der Waals surface area (Å²) in [7, 11) is 0. The van der Waals surface area contributed by atoms with Crippen LogP contribution in [-0.4, -0.2) is 35.1 Å². The van der Waals surface area contributed by atoms with E-state index in [-0.39, 0.29) is 11.9 Å². The first-order valence-corrected chi connectivity index (χ1v) is 8.43. The van der Waals surface area contributed by atoms with Crippen LogP contribution in [0.3, 0.4) is 0 Å². The predicted molar refractivity (Wildman–Crippen MR) is 87.0 cm³/mol. The maximum atomic E-state index is 12.6. The Kier molecular flexibility index (Phi) is 4.80. The van der Waals surface area contributed by atoms with Gasteiger partial charge in [0, 0.05) is 11.4 Å². The third-order valence-corrected chi connectivity index (χ3v) is 4.66. The lowest BCUT2D eigenvalue weighted by Crippen LogP contribution is -2.50. The maximum absolute atomic E-state index is 12.6. The lowest BCUT2D eigenvalue weighted by Gasteiger charge is -2.35. The molecule has 122 valence electrons. The number of nitrogens with one attached hydrogen (secondary N) is 1. The zero-order valence-corrected chi connectivity index (χ0v) is 14.6. The number of alkyl carbamates (subject to hydrolysis) is 1. The van der Waals surface area contributed by atoms with Gasteiger partial charge in [0.05, 0.1) is 6.04 Å². The molecule has 1 aliphatic rings. The second kappa shape index (κ2) is 6.28. The van der Waals surface area contributed by atoms with E-state index in [1.807, 2.05) is 11.8 Å². The molecule has 1 N–H and O–H groups in total. The molecule has 1 aromatic heterocycles. The highest BCUT2D eigenvalue weighted by Crippen LogP contribution is 2.33. The third kappa shape index (κ3) is 3.80. The Labute approximate surface area is 135 Å². The minimum atomic E-state index is -0.600. The number of nitrogens with zero attached hydrogens (tertiary/aromatic N) is 1. The number of rotatable bonds is 2. The summed E-state index contributed by atoms with van der Waals surface area (Å²) in [4.78, 5) is 27.6. The first-order chi connectivity index (χ1) is 10.2. The molecule has 2 rings (SSSR count). The molecule has 0 saturated carbocycles. The molecule has 6 heteroatoms. The minimum absolute atomic E-state index is 0.0467. The van der Waals surface area contributed by atoms with Crippen LogP contribution in [0.5, 0.6) is 0 Å². The zero-order chi connectivity index (χ0) is 16.5. The second-order valence-corrected chi connectivity index (χ2v) is 7.63. The van der Waals surface area contributed by atoms with E-state index >= 15 is 0 Å². The van der Waals surface area contributed by atoms with Gasteiger partial charge in [-0.15, -0.1) is 11.3 Å². The van der Waals surface area contributed by atoms with Crippen molar-refractivity contribution >= 4 is 23.3 Å². The Morgan fingerprint density at radius 3 is 2.77 bits per heavy atom. The Bertz CT molecular complexity index is 562. The van der Waals surface area contributed by atoms with E-state index in [9.17, 15) is 9.59 Å². The molecule has 0 saturated heterocycles. The Morgan fingerprint density at radius 1 is 1.45 bits per heavy atom. The van der Waals surface area contributed by atoms with Crippen molar-refractivity contribution in [1.82, 2.24) is 10.2 Å². The number of thiophene rings is 1. The summed E-state index contributed by atoms with van der Waals surface area (Å²) in [5.41, 5.74) is 0.644. The van der Waals surface area contributed by atoms with Crippen molar-refractivity contribution in [2.45, 2.75) is 58.7 Å². The number of amides is 2. The van der Waals surface area contributed by atoms with Crippen LogP contribution in [0, 0.1) is 0 Å². The van der Waals surface area contributed by atoms with Gasteiger partial charge in [0.25, 0.3) is 0 Å². The van der Waals surface area contributed by atoms with Crippen LogP contribution in [0.1, 0.15) is 51.1 Å². The van der Waals surface area contributed by atoms with Crippen molar-refractivity contribution in [3.8, 4) is 0 Å². The van der Waals surface area contributed by atoms with Gasteiger partial charge in [0.15, 0.2) is 0 Å². The summed E-state index contributed by atoms with van der Waals surface area (Å²) < 4.78 is 5.20. The molecular weight excluding hydrogens is 300 g/mol. The molecule has 0 spiro atoms. The molecule has 1 aromatic rings. The first kappa shape index (κ1) is 16.8. The Balaban J connectivity index is 1.98. The van der Waals surface area contributed by atoms with Gasteiger partial charge in [0.1, 0.15) is 11.6 Å². The van der Waals surface area contributed by atoms with Crippen molar-refractivity contribution in [1.29, 1.82) is 0 Å².